The summed E-state index contributed by atoms with van der Waals surface area (Å²) >= 11 is 0. The Bertz CT molecular complexity index is 731. The monoisotopic (exact) mass is 340 g/mol. The summed E-state index contributed by atoms with van der Waals surface area (Å²) in [5.74, 6) is 0.376. The SMILES string of the molecule is CCN(C(=O)C1CCN(C(=O)c2ccco2)CC1)c1cccc(C)c1. The number of carbonyl (C=O) groups is 2. The molecule has 0 bridgehead atoms. The summed E-state index contributed by atoms with van der Waals surface area (Å²) in [6.45, 7) is 5.84. The summed E-state index contributed by atoms with van der Waals surface area (Å²) < 4.78 is 5.18. The molecule has 0 N–H and O–H groups in total. The van der Waals surface area contributed by atoms with Gasteiger partial charge in [-0.3, -0.25) is 9.59 Å². The number of carbonyl (C=O) groups excluding carboxylic acids is 2. The zero-order valence-corrected chi connectivity index (χ0v) is 14.8. The van der Waals surface area contributed by atoms with Gasteiger partial charge in [0, 0.05) is 31.2 Å². The summed E-state index contributed by atoms with van der Waals surface area (Å²) in [6, 6.07) is 11.4. The van der Waals surface area contributed by atoms with Crippen LogP contribution in [0.4, 0.5) is 5.69 Å². The molecule has 2 aromatic rings. The molecule has 1 saturated heterocycles. The molecule has 25 heavy (non-hydrogen) atoms. The van der Waals surface area contributed by atoms with E-state index in [2.05, 4.69) is 0 Å². The molecule has 1 aromatic heterocycles. The van der Waals surface area contributed by atoms with Crippen LogP contribution < -0.4 is 4.90 Å². The fourth-order valence-electron chi connectivity index (χ4n) is 3.37. The highest BCUT2D eigenvalue weighted by Crippen LogP contribution is 2.25. The number of hydrogen-bond acceptors (Lipinski definition) is 3. The predicted molar refractivity (Wildman–Crippen MR) is 96.5 cm³/mol. The third kappa shape index (κ3) is 3.76. The molecule has 5 nitrogen and oxygen atoms in total. The maximum atomic E-state index is 13.0. The van der Waals surface area contributed by atoms with Crippen LogP contribution in [0.1, 0.15) is 35.9 Å². The minimum Gasteiger partial charge on any atom is -0.459 e. The van der Waals surface area contributed by atoms with Gasteiger partial charge in [-0.1, -0.05) is 12.1 Å². The van der Waals surface area contributed by atoms with Gasteiger partial charge in [0.25, 0.3) is 5.91 Å². The molecule has 0 spiro atoms. The van der Waals surface area contributed by atoms with Gasteiger partial charge in [-0.2, -0.15) is 0 Å². The lowest BCUT2D eigenvalue weighted by atomic mass is 9.94. The van der Waals surface area contributed by atoms with Crippen LogP contribution in [0.5, 0.6) is 0 Å². The Morgan fingerprint density at radius 1 is 1.20 bits per heavy atom. The lowest BCUT2D eigenvalue weighted by Crippen LogP contribution is -2.44. The van der Waals surface area contributed by atoms with Gasteiger partial charge in [0.2, 0.25) is 5.91 Å². The van der Waals surface area contributed by atoms with E-state index in [-0.39, 0.29) is 17.7 Å². The number of aryl methyl sites for hydroxylation is 1. The minimum atomic E-state index is -0.0954. The number of furan rings is 1. The largest absolute Gasteiger partial charge is 0.459 e. The number of rotatable bonds is 4. The first-order valence-corrected chi connectivity index (χ1v) is 8.81. The van der Waals surface area contributed by atoms with E-state index in [4.69, 9.17) is 4.42 Å². The maximum Gasteiger partial charge on any atom is 0.289 e. The molecule has 5 heteroatoms. The molecule has 0 unspecified atom stereocenters. The molecule has 132 valence electrons. The van der Waals surface area contributed by atoms with E-state index in [0.717, 1.165) is 11.3 Å². The van der Waals surface area contributed by atoms with E-state index in [0.29, 0.717) is 38.2 Å². The second-order valence-corrected chi connectivity index (χ2v) is 6.47. The van der Waals surface area contributed by atoms with Gasteiger partial charge in [-0.15, -0.1) is 0 Å². The van der Waals surface area contributed by atoms with Crippen LogP contribution in [0.3, 0.4) is 0 Å². The van der Waals surface area contributed by atoms with Gasteiger partial charge in [-0.25, -0.2) is 0 Å². The first-order valence-electron chi connectivity index (χ1n) is 8.81. The molecule has 0 radical (unpaired) electrons. The fraction of sp³-hybridized carbons (Fsp3) is 0.400. The van der Waals surface area contributed by atoms with Crippen LogP contribution in [-0.2, 0) is 4.79 Å². The normalized spacial score (nSPS) is 15.2. The zero-order valence-electron chi connectivity index (χ0n) is 14.8. The summed E-state index contributed by atoms with van der Waals surface area (Å²) in [5, 5.41) is 0. The van der Waals surface area contributed by atoms with Crippen molar-refractivity contribution in [2.24, 2.45) is 5.92 Å². The second kappa shape index (κ2) is 7.55. The number of anilines is 1. The molecular formula is C20H24N2O3. The molecule has 0 saturated carbocycles. The van der Waals surface area contributed by atoms with Crippen molar-refractivity contribution in [3.8, 4) is 0 Å². The Kier molecular flexibility index (Phi) is 5.22. The molecule has 0 atom stereocenters. The molecule has 1 fully saturated rings. The third-order valence-corrected chi connectivity index (χ3v) is 4.76. The van der Waals surface area contributed by atoms with Gasteiger partial charge in [-0.05, 0) is 56.5 Å². The van der Waals surface area contributed by atoms with Crippen LogP contribution in [0.25, 0.3) is 0 Å². The predicted octanol–water partition coefficient (Wildman–Crippen LogP) is 3.49. The Hall–Kier alpha value is -2.56. The zero-order chi connectivity index (χ0) is 17.8. The van der Waals surface area contributed by atoms with Crippen molar-refractivity contribution in [2.45, 2.75) is 26.7 Å². The number of likely N-dealkylation sites (tertiary alicyclic amines) is 1. The van der Waals surface area contributed by atoms with Crippen molar-refractivity contribution in [2.75, 3.05) is 24.5 Å². The molecule has 2 amide bonds. The fourth-order valence-corrected chi connectivity index (χ4v) is 3.37. The quantitative estimate of drug-likeness (QED) is 0.856. The summed E-state index contributed by atoms with van der Waals surface area (Å²) in [6.07, 6.45) is 2.88. The van der Waals surface area contributed by atoms with Crippen LogP contribution >= 0.6 is 0 Å². The van der Waals surface area contributed by atoms with Gasteiger partial charge in [0.15, 0.2) is 5.76 Å². The Morgan fingerprint density at radius 3 is 2.56 bits per heavy atom. The van der Waals surface area contributed by atoms with Gasteiger partial charge in [0.1, 0.15) is 0 Å². The Balaban J connectivity index is 1.63. The average molecular weight is 340 g/mol. The molecule has 3 rings (SSSR count). The summed E-state index contributed by atoms with van der Waals surface area (Å²) in [5.41, 5.74) is 2.09. The lowest BCUT2D eigenvalue weighted by molar-refractivity contribution is -0.123. The van der Waals surface area contributed by atoms with Crippen molar-refractivity contribution in [1.29, 1.82) is 0 Å². The van der Waals surface area contributed by atoms with Gasteiger partial charge in [0.05, 0.1) is 6.26 Å². The molecule has 1 aromatic carbocycles. The standard InChI is InChI=1S/C20H24N2O3/c1-3-22(17-7-4-6-15(2)14-17)19(23)16-9-11-21(12-10-16)20(24)18-8-5-13-25-18/h4-8,13-14,16H,3,9-12H2,1-2H3. The van der Waals surface area contributed by atoms with Crippen molar-refractivity contribution < 1.29 is 14.0 Å². The summed E-state index contributed by atoms with van der Waals surface area (Å²) in [4.78, 5) is 28.9. The first kappa shape index (κ1) is 17.3. The Morgan fingerprint density at radius 2 is 1.96 bits per heavy atom. The number of amides is 2. The molecule has 1 aliphatic rings. The minimum absolute atomic E-state index is 0.0406. The molecular weight excluding hydrogens is 316 g/mol. The van der Waals surface area contributed by atoms with Crippen molar-refractivity contribution in [3.63, 3.8) is 0 Å². The van der Waals surface area contributed by atoms with Crippen LogP contribution in [0.2, 0.25) is 0 Å². The number of piperidine rings is 1. The third-order valence-electron chi connectivity index (χ3n) is 4.76. The van der Waals surface area contributed by atoms with E-state index >= 15 is 0 Å². The van der Waals surface area contributed by atoms with Crippen LogP contribution in [0, 0.1) is 12.8 Å². The summed E-state index contributed by atoms with van der Waals surface area (Å²) in [7, 11) is 0. The van der Waals surface area contributed by atoms with E-state index in [1.54, 1.807) is 17.0 Å². The number of hydrogen-bond donors (Lipinski definition) is 0. The smallest absolute Gasteiger partial charge is 0.289 e. The van der Waals surface area contributed by atoms with E-state index < -0.39 is 0 Å². The molecule has 2 heterocycles. The molecule has 1 aliphatic heterocycles. The Labute approximate surface area is 148 Å². The molecule has 0 aliphatic carbocycles. The topological polar surface area (TPSA) is 53.8 Å². The van der Waals surface area contributed by atoms with E-state index in [1.165, 1.54) is 6.26 Å². The van der Waals surface area contributed by atoms with E-state index in [1.807, 2.05) is 43.0 Å². The highest BCUT2D eigenvalue weighted by atomic mass is 16.3. The van der Waals surface area contributed by atoms with Crippen molar-refractivity contribution >= 4 is 17.5 Å². The number of nitrogens with zero attached hydrogens (tertiary/aromatic N) is 2. The van der Waals surface area contributed by atoms with Crippen molar-refractivity contribution in [3.05, 3.63) is 54.0 Å². The highest BCUT2D eigenvalue weighted by molar-refractivity contribution is 5.95. The lowest BCUT2D eigenvalue weighted by Gasteiger charge is -2.33. The van der Waals surface area contributed by atoms with Crippen LogP contribution in [0.15, 0.2) is 47.1 Å². The first-order chi connectivity index (χ1) is 12.1. The second-order valence-electron chi connectivity index (χ2n) is 6.47. The van der Waals surface area contributed by atoms with E-state index in [9.17, 15) is 9.59 Å². The van der Waals surface area contributed by atoms with Gasteiger partial charge < -0.3 is 14.2 Å². The van der Waals surface area contributed by atoms with Crippen molar-refractivity contribution in [1.82, 2.24) is 4.90 Å². The number of benzene rings is 1. The van der Waals surface area contributed by atoms with Crippen LogP contribution in [-0.4, -0.2) is 36.3 Å². The van der Waals surface area contributed by atoms with Gasteiger partial charge >= 0.3 is 0 Å². The average Bonchev–Trinajstić information content (AvgIpc) is 3.16. The highest BCUT2D eigenvalue weighted by Gasteiger charge is 2.31. The maximum absolute atomic E-state index is 13.0.